The number of hydrogen-bond donors (Lipinski definition) is 1. The minimum Gasteiger partial charge on any atom is -0.457 e. The van der Waals surface area contributed by atoms with Crippen molar-refractivity contribution >= 4 is 34.5 Å². The number of rotatable bonds is 3. The lowest BCUT2D eigenvalue weighted by molar-refractivity contribution is -0.169. The summed E-state index contributed by atoms with van der Waals surface area (Å²) in [6.45, 7) is 2.68. The lowest BCUT2D eigenvalue weighted by atomic mass is 10.00. The first-order chi connectivity index (χ1) is 7.95. The Morgan fingerprint density at radius 3 is 2.65 bits per heavy atom. The van der Waals surface area contributed by atoms with Crippen molar-refractivity contribution in [2.75, 3.05) is 11.0 Å². The molecule has 0 aromatic carbocycles. The van der Waals surface area contributed by atoms with Gasteiger partial charge in [0.05, 0.1) is 12.6 Å². The highest BCUT2D eigenvalue weighted by Crippen LogP contribution is 2.23. The Labute approximate surface area is 113 Å². The molecule has 1 amide bonds. The van der Waals surface area contributed by atoms with Crippen LogP contribution in [0.1, 0.15) is 13.8 Å². The molecule has 0 bridgehead atoms. The standard InChI is InChI=1S/C10H15FINO4/c1-5(14)13-7-4-16-8(3-12)9(11)10(7)17-6(2)15/h7-10H,3-4H2,1-2H3,(H,13,14)/t7-,8+,9+,10+/m0/s1. The second-order valence-electron chi connectivity index (χ2n) is 3.85. The minimum atomic E-state index is -1.43. The average molecular weight is 359 g/mol. The number of halogens is 2. The topological polar surface area (TPSA) is 64.6 Å². The van der Waals surface area contributed by atoms with E-state index in [1.165, 1.54) is 13.8 Å². The third-order valence-electron chi connectivity index (χ3n) is 2.40. The maximum absolute atomic E-state index is 14.0. The van der Waals surface area contributed by atoms with Crippen LogP contribution in [0.4, 0.5) is 4.39 Å². The fourth-order valence-electron chi connectivity index (χ4n) is 1.70. The molecule has 0 aliphatic carbocycles. The normalized spacial score (nSPS) is 32.9. The summed E-state index contributed by atoms with van der Waals surface area (Å²) in [7, 11) is 0. The van der Waals surface area contributed by atoms with E-state index in [1.54, 1.807) is 0 Å². The van der Waals surface area contributed by atoms with E-state index in [0.717, 1.165) is 0 Å². The molecule has 1 heterocycles. The summed E-state index contributed by atoms with van der Waals surface area (Å²) in [5.74, 6) is -0.877. The van der Waals surface area contributed by atoms with Gasteiger partial charge in [-0.25, -0.2) is 4.39 Å². The lowest BCUT2D eigenvalue weighted by Crippen LogP contribution is -2.59. The molecule has 1 N–H and O–H groups in total. The van der Waals surface area contributed by atoms with Gasteiger partial charge in [0.15, 0.2) is 12.3 Å². The molecule has 7 heteroatoms. The third-order valence-corrected chi connectivity index (χ3v) is 3.27. The van der Waals surface area contributed by atoms with Gasteiger partial charge in [-0.15, -0.1) is 0 Å². The van der Waals surface area contributed by atoms with Crippen molar-refractivity contribution in [3.05, 3.63) is 0 Å². The zero-order valence-electron chi connectivity index (χ0n) is 9.61. The van der Waals surface area contributed by atoms with E-state index in [1.807, 2.05) is 22.6 Å². The Balaban J connectivity index is 2.75. The molecule has 0 spiro atoms. The van der Waals surface area contributed by atoms with Crippen LogP contribution in [0.3, 0.4) is 0 Å². The van der Waals surface area contributed by atoms with Crippen LogP contribution in [0.25, 0.3) is 0 Å². The predicted molar refractivity (Wildman–Crippen MR) is 66.7 cm³/mol. The Morgan fingerprint density at radius 2 is 2.18 bits per heavy atom. The summed E-state index contributed by atoms with van der Waals surface area (Å²) < 4.78 is 24.7. The van der Waals surface area contributed by atoms with E-state index in [-0.39, 0.29) is 12.5 Å². The van der Waals surface area contributed by atoms with Gasteiger partial charge in [0, 0.05) is 18.3 Å². The van der Waals surface area contributed by atoms with E-state index in [2.05, 4.69) is 5.32 Å². The number of esters is 1. The number of ether oxygens (including phenoxy) is 2. The molecule has 0 aromatic rings. The van der Waals surface area contributed by atoms with Crippen molar-refractivity contribution in [2.45, 2.75) is 38.3 Å². The third kappa shape index (κ3) is 4.06. The molecule has 17 heavy (non-hydrogen) atoms. The zero-order valence-corrected chi connectivity index (χ0v) is 11.8. The van der Waals surface area contributed by atoms with Crippen LogP contribution in [-0.2, 0) is 19.1 Å². The maximum Gasteiger partial charge on any atom is 0.303 e. The maximum atomic E-state index is 14.0. The Hall–Kier alpha value is -0.440. The molecule has 1 saturated heterocycles. The number of hydrogen-bond acceptors (Lipinski definition) is 4. The van der Waals surface area contributed by atoms with Crippen LogP contribution in [-0.4, -0.2) is 47.3 Å². The molecule has 4 atom stereocenters. The number of amides is 1. The van der Waals surface area contributed by atoms with Crippen molar-refractivity contribution in [1.29, 1.82) is 0 Å². The molecule has 1 rings (SSSR count). The molecule has 1 aliphatic rings. The van der Waals surface area contributed by atoms with Gasteiger partial charge < -0.3 is 14.8 Å². The van der Waals surface area contributed by atoms with Crippen molar-refractivity contribution in [2.24, 2.45) is 0 Å². The molecular weight excluding hydrogens is 344 g/mol. The summed E-state index contributed by atoms with van der Waals surface area (Å²) in [6, 6.07) is -0.634. The summed E-state index contributed by atoms with van der Waals surface area (Å²) in [6.07, 6.45) is -3.02. The Morgan fingerprint density at radius 1 is 1.53 bits per heavy atom. The summed E-state index contributed by atoms with van der Waals surface area (Å²) in [5, 5.41) is 2.53. The summed E-state index contributed by atoms with van der Waals surface area (Å²) >= 11 is 2.01. The first-order valence-corrected chi connectivity index (χ1v) is 6.74. The van der Waals surface area contributed by atoms with Gasteiger partial charge in [-0.3, -0.25) is 9.59 Å². The summed E-state index contributed by atoms with van der Waals surface area (Å²) in [5.41, 5.74) is 0. The highest BCUT2D eigenvalue weighted by atomic mass is 127. The SMILES string of the molecule is CC(=O)N[C@H]1CO[C@H](CI)[C@@H](F)[C@@H]1OC(C)=O. The van der Waals surface area contributed by atoms with Crippen LogP contribution in [0.2, 0.25) is 0 Å². The van der Waals surface area contributed by atoms with Gasteiger partial charge in [0.1, 0.15) is 6.10 Å². The monoisotopic (exact) mass is 359 g/mol. The van der Waals surface area contributed by atoms with Crippen molar-refractivity contribution in [3.8, 4) is 0 Å². The molecule has 0 unspecified atom stereocenters. The van der Waals surface area contributed by atoms with Crippen LogP contribution in [0.15, 0.2) is 0 Å². The van der Waals surface area contributed by atoms with E-state index in [4.69, 9.17) is 9.47 Å². The highest BCUT2D eigenvalue weighted by Gasteiger charge is 2.42. The summed E-state index contributed by atoms with van der Waals surface area (Å²) in [4.78, 5) is 21.9. The smallest absolute Gasteiger partial charge is 0.303 e. The van der Waals surface area contributed by atoms with Gasteiger partial charge in [-0.1, -0.05) is 22.6 Å². The van der Waals surface area contributed by atoms with Crippen LogP contribution < -0.4 is 5.32 Å². The Bertz CT molecular complexity index is 302. The zero-order chi connectivity index (χ0) is 13.0. The quantitative estimate of drug-likeness (QED) is 0.455. The van der Waals surface area contributed by atoms with Gasteiger partial charge in [0.2, 0.25) is 5.91 Å². The number of alkyl halides is 2. The van der Waals surface area contributed by atoms with E-state index in [0.29, 0.717) is 4.43 Å². The van der Waals surface area contributed by atoms with Crippen molar-refractivity contribution in [1.82, 2.24) is 5.32 Å². The first-order valence-electron chi connectivity index (χ1n) is 5.21. The van der Waals surface area contributed by atoms with Crippen LogP contribution in [0, 0.1) is 0 Å². The first kappa shape index (κ1) is 14.6. The van der Waals surface area contributed by atoms with Gasteiger partial charge >= 0.3 is 5.97 Å². The molecule has 5 nitrogen and oxygen atoms in total. The van der Waals surface area contributed by atoms with Gasteiger partial charge in [-0.05, 0) is 0 Å². The van der Waals surface area contributed by atoms with Crippen molar-refractivity contribution < 1.29 is 23.5 Å². The molecule has 0 aromatic heterocycles. The number of nitrogens with one attached hydrogen (secondary N) is 1. The fourth-order valence-corrected chi connectivity index (χ4v) is 2.44. The number of carbonyl (C=O) groups excluding carboxylic acids is 2. The molecule has 1 aliphatic heterocycles. The molecule has 1 fully saturated rings. The van der Waals surface area contributed by atoms with Crippen LogP contribution >= 0.6 is 22.6 Å². The molecule has 0 radical (unpaired) electrons. The lowest BCUT2D eigenvalue weighted by Gasteiger charge is -2.37. The van der Waals surface area contributed by atoms with E-state index >= 15 is 0 Å². The van der Waals surface area contributed by atoms with Crippen LogP contribution in [0.5, 0.6) is 0 Å². The predicted octanol–water partition coefficient (Wildman–Crippen LogP) is 0.595. The van der Waals surface area contributed by atoms with Gasteiger partial charge in [0.25, 0.3) is 0 Å². The largest absolute Gasteiger partial charge is 0.457 e. The minimum absolute atomic E-state index is 0.144. The van der Waals surface area contributed by atoms with E-state index in [9.17, 15) is 14.0 Å². The van der Waals surface area contributed by atoms with Gasteiger partial charge in [-0.2, -0.15) is 0 Å². The molecule has 98 valence electrons. The average Bonchev–Trinajstić information content (AvgIpc) is 2.22. The molecule has 0 saturated carbocycles. The van der Waals surface area contributed by atoms with Crippen molar-refractivity contribution in [3.63, 3.8) is 0 Å². The number of carbonyl (C=O) groups is 2. The fraction of sp³-hybridized carbons (Fsp3) is 0.800. The second kappa shape index (κ2) is 6.48. The Kier molecular flexibility index (Phi) is 5.57. The highest BCUT2D eigenvalue weighted by molar-refractivity contribution is 14.1. The van der Waals surface area contributed by atoms with E-state index < -0.39 is 30.4 Å². The molecular formula is C10H15FINO4. The second-order valence-corrected chi connectivity index (χ2v) is 4.73.